The number of halogens is 1. The molecule has 1 aromatic carbocycles. The Bertz CT molecular complexity index is 447. The first kappa shape index (κ1) is 13.2. The van der Waals surface area contributed by atoms with Gasteiger partial charge in [0, 0.05) is 11.2 Å². The molecule has 3 heteroatoms. The zero-order valence-corrected chi connectivity index (χ0v) is 12.6. The molecule has 1 amide bonds. The van der Waals surface area contributed by atoms with Gasteiger partial charge in [0.2, 0.25) is 5.91 Å². The van der Waals surface area contributed by atoms with Crippen LogP contribution in [0, 0.1) is 17.8 Å². The van der Waals surface area contributed by atoms with Crippen LogP contribution in [0.1, 0.15) is 37.3 Å². The molecule has 4 atom stereocenters. The smallest absolute Gasteiger partial charge is 0.223 e. The average Bonchev–Trinajstić information content (AvgIpc) is 3.08. The van der Waals surface area contributed by atoms with Crippen LogP contribution in [0.5, 0.6) is 0 Å². The number of rotatable bonds is 4. The van der Waals surface area contributed by atoms with Gasteiger partial charge in [0.15, 0.2) is 0 Å². The first-order valence-corrected chi connectivity index (χ1v) is 8.31. The third-order valence-electron chi connectivity index (χ3n) is 4.75. The number of alkyl halides is 1. The fourth-order valence-corrected chi connectivity index (χ4v) is 4.28. The molecule has 0 radical (unpaired) electrons. The fourth-order valence-electron chi connectivity index (χ4n) is 3.74. The van der Waals surface area contributed by atoms with E-state index in [1.54, 1.807) is 0 Å². The second-order valence-electron chi connectivity index (χ2n) is 5.91. The summed E-state index contributed by atoms with van der Waals surface area (Å²) in [5.74, 6) is 2.00. The van der Waals surface area contributed by atoms with Crippen LogP contribution < -0.4 is 5.32 Å². The molecule has 2 fully saturated rings. The van der Waals surface area contributed by atoms with Gasteiger partial charge in [-0.3, -0.25) is 4.79 Å². The number of benzene rings is 1. The number of carbonyl (C=O) groups excluding carboxylic acids is 1. The van der Waals surface area contributed by atoms with Gasteiger partial charge >= 0.3 is 0 Å². The normalized spacial score (nSPS) is 30.3. The molecule has 1 N–H and O–H groups in total. The lowest BCUT2D eigenvalue weighted by Gasteiger charge is -2.24. The number of carbonyl (C=O) groups is 1. The zero-order chi connectivity index (χ0) is 13.2. The number of fused-ring (bicyclic) bond motifs is 2. The second-order valence-corrected chi connectivity index (χ2v) is 6.55. The number of hydrogen-bond donors (Lipinski definition) is 1. The van der Waals surface area contributed by atoms with Gasteiger partial charge in [-0.1, -0.05) is 52.7 Å². The summed E-state index contributed by atoms with van der Waals surface area (Å²) in [5, 5.41) is 3.99. The van der Waals surface area contributed by atoms with Crippen LogP contribution in [0.2, 0.25) is 0 Å². The van der Waals surface area contributed by atoms with E-state index in [1.807, 2.05) is 18.2 Å². The maximum atomic E-state index is 12.4. The SMILES string of the molecule is O=C(NC(CBr)c1ccccc1)C1CC2CCC1C2. The van der Waals surface area contributed by atoms with Crippen molar-refractivity contribution in [3.05, 3.63) is 35.9 Å². The van der Waals surface area contributed by atoms with Crippen molar-refractivity contribution >= 4 is 21.8 Å². The van der Waals surface area contributed by atoms with Crippen molar-refractivity contribution in [2.45, 2.75) is 31.7 Å². The Hall–Kier alpha value is -0.830. The Labute approximate surface area is 123 Å². The van der Waals surface area contributed by atoms with Gasteiger partial charge < -0.3 is 5.32 Å². The molecule has 0 aromatic heterocycles. The lowest BCUT2D eigenvalue weighted by atomic mass is 9.88. The molecule has 4 unspecified atom stereocenters. The summed E-state index contributed by atoms with van der Waals surface area (Å²) >= 11 is 3.52. The highest BCUT2D eigenvalue weighted by molar-refractivity contribution is 9.09. The molecular formula is C16H20BrNO. The third kappa shape index (κ3) is 2.71. The van der Waals surface area contributed by atoms with Gasteiger partial charge in [-0.15, -0.1) is 0 Å². The number of nitrogens with one attached hydrogen (secondary N) is 1. The molecule has 2 saturated carbocycles. The summed E-state index contributed by atoms with van der Waals surface area (Å²) in [6.07, 6.45) is 4.99. The topological polar surface area (TPSA) is 29.1 Å². The Balaban J connectivity index is 1.65. The summed E-state index contributed by atoms with van der Waals surface area (Å²) < 4.78 is 0. The first-order chi connectivity index (χ1) is 9.28. The van der Waals surface area contributed by atoms with E-state index in [-0.39, 0.29) is 17.9 Å². The van der Waals surface area contributed by atoms with E-state index in [1.165, 1.54) is 24.8 Å². The van der Waals surface area contributed by atoms with E-state index in [0.717, 1.165) is 17.7 Å². The molecule has 2 aliphatic rings. The van der Waals surface area contributed by atoms with E-state index in [9.17, 15) is 4.79 Å². The molecule has 0 aliphatic heterocycles. The largest absolute Gasteiger partial charge is 0.348 e. The van der Waals surface area contributed by atoms with Gasteiger partial charge in [0.25, 0.3) is 0 Å². The molecule has 0 saturated heterocycles. The van der Waals surface area contributed by atoms with Crippen molar-refractivity contribution in [3.63, 3.8) is 0 Å². The van der Waals surface area contributed by atoms with Crippen molar-refractivity contribution < 1.29 is 4.79 Å². The molecule has 2 bridgehead atoms. The Morgan fingerprint density at radius 2 is 2.05 bits per heavy atom. The highest BCUT2D eigenvalue weighted by Crippen LogP contribution is 2.48. The minimum Gasteiger partial charge on any atom is -0.348 e. The molecule has 3 rings (SSSR count). The zero-order valence-electron chi connectivity index (χ0n) is 11.0. The summed E-state index contributed by atoms with van der Waals surface area (Å²) in [4.78, 5) is 12.4. The van der Waals surface area contributed by atoms with Crippen LogP contribution in [0.3, 0.4) is 0 Å². The lowest BCUT2D eigenvalue weighted by Crippen LogP contribution is -2.36. The maximum Gasteiger partial charge on any atom is 0.223 e. The van der Waals surface area contributed by atoms with Gasteiger partial charge in [-0.2, -0.15) is 0 Å². The molecular weight excluding hydrogens is 302 g/mol. The van der Waals surface area contributed by atoms with E-state index in [0.29, 0.717) is 5.92 Å². The highest BCUT2D eigenvalue weighted by atomic mass is 79.9. The van der Waals surface area contributed by atoms with Crippen molar-refractivity contribution in [2.75, 3.05) is 5.33 Å². The molecule has 102 valence electrons. The summed E-state index contributed by atoms with van der Waals surface area (Å²) in [7, 11) is 0. The number of amides is 1. The monoisotopic (exact) mass is 321 g/mol. The average molecular weight is 322 g/mol. The number of hydrogen-bond acceptors (Lipinski definition) is 1. The summed E-state index contributed by atoms with van der Waals surface area (Å²) in [5.41, 5.74) is 1.18. The Kier molecular flexibility index (Phi) is 3.92. The minimum atomic E-state index is 0.0906. The minimum absolute atomic E-state index is 0.0906. The van der Waals surface area contributed by atoms with Gasteiger partial charge in [-0.05, 0) is 36.7 Å². The lowest BCUT2D eigenvalue weighted by molar-refractivity contribution is -0.127. The Morgan fingerprint density at radius 3 is 2.63 bits per heavy atom. The third-order valence-corrected chi connectivity index (χ3v) is 5.40. The van der Waals surface area contributed by atoms with Crippen LogP contribution in [-0.2, 0) is 4.79 Å². The maximum absolute atomic E-state index is 12.4. The molecule has 2 nitrogen and oxygen atoms in total. The predicted octanol–water partition coefficient (Wildman–Crippen LogP) is 3.68. The molecule has 1 aromatic rings. The van der Waals surface area contributed by atoms with Crippen molar-refractivity contribution in [2.24, 2.45) is 17.8 Å². The second kappa shape index (κ2) is 5.66. The molecule has 19 heavy (non-hydrogen) atoms. The van der Waals surface area contributed by atoms with Crippen molar-refractivity contribution in [1.82, 2.24) is 5.32 Å². The van der Waals surface area contributed by atoms with Gasteiger partial charge in [0.1, 0.15) is 0 Å². The van der Waals surface area contributed by atoms with Crippen LogP contribution in [0.4, 0.5) is 0 Å². The van der Waals surface area contributed by atoms with Crippen LogP contribution in [0.25, 0.3) is 0 Å². The van der Waals surface area contributed by atoms with Crippen LogP contribution in [0.15, 0.2) is 30.3 Å². The van der Waals surface area contributed by atoms with Crippen molar-refractivity contribution in [1.29, 1.82) is 0 Å². The Morgan fingerprint density at radius 1 is 1.26 bits per heavy atom. The van der Waals surface area contributed by atoms with Gasteiger partial charge in [-0.25, -0.2) is 0 Å². The summed E-state index contributed by atoms with van der Waals surface area (Å²) in [6, 6.07) is 10.3. The van der Waals surface area contributed by atoms with E-state index >= 15 is 0 Å². The molecule has 0 spiro atoms. The van der Waals surface area contributed by atoms with Gasteiger partial charge in [0.05, 0.1) is 6.04 Å². The highest BCUT2D eigenvalue weighted by Gasteiger charge is 2.43. The first-order valence-electron chi connectivity index (χ1n) is 7.19. The van der Waals surface area contributed by atoms with Crippen LogP contribution in [-0.4, -0.2) is 11.2 Å². The van der Waals surface area contributed by atoms with E-state index in [2.05, 4.69) is 33.4 Å². The summed E-state index contributed by atoms with van der Waals surface area (Å²) in [6.45, 7) is 0. The molecule has 2 aliphatic carbocycles. The van der Waals surface area contributed by atoms with Crippen molar-refractivity contribution in [3.8, 4) is 0 Å². The molecule has 0 heterocycles. The van der Waals surface area contributed by atoms with E-state index in [4.69, 9.17) is 0 Å². The van der Waals surface area contributed by atoms with Crippen LogP contribution >= 0.6 is 15.9 Å². The predicted molar refractivity (Wildman–Crippen MR) is 80.1 cm³/mol. The van der Waals surface area contributed by atoms with E-state index < -0.39 is 0 Å². The standard InChI is InChI=1S/C16H20BrNO/c17-10-15(12-4-2-1-3-5-12)18-16(19)14-9-11-6-7-13(14)8-11/h1-5,11,13-15H,6-10H2,(H,18,19). The quantitative estimate of drug-likeness (QED) is 0.842. The fraction of sp³-hybridized carbons (Fsp3) is 0.562.